The van der Waals surface area contributed by atoms with Gasteiger partial charge >= 0.3 is 5.97 Å². The normalized spacial score (nSPS) is 13.7. The number of nitrogens with zero attached hydrogens (tertiary/aromatic N) is 2. The number of rotatable bonds is 7. The molecule has 140 valence electrons. The maximum Gasteiger partial charge on any atom is 0.326 e. The highest BCUT2D eigenvalue weighted by molar-refractivity contribution is 7.20. The van der Waals surface area contributed by atoms with Crippen LogP contribution in [0.3, 0.4) is 0 Å². The maximum atomic E-state index is 12.4. The van der Waals surface area contributed by atoms with E-state index in [2.05, 4.69) is 15.7 Å². The standard InChI is InChI=1S/C17H22N4O4S/c1-5-6-7-12(17(24)25)19-14(22)10(3)18-15(23)13-8-11-9(2)20-21(4)16(11)26-13/h5-6,8,10,12H,7H2,1-4H3,(H,18,23)(H,19,22)(H,24,25)/b6-5+. The zero-order valence-corrected chi connectivity index (χ0v) is 15.9. The molecular weight excluding hydrogens is 356 g/mol. The second-order valence-electron chi connectivity index (χ2n) is 5.94. The van der Waals surface area contributed by atoms with Gasteiger partial charge in [-0.3, -0.25) is 14.3 Å². The van der Waals surface area contributed by atoms with Crippen LogP contribution >= 0.6 is 11.3 Å². The summed E-state index contributed by atoms with van der Waals surface area (Å²) in [6.07, 6.45) is 3.56. The molecule has 0 bridgehead atoms. The van der Waals surface area contributed by atoms with Gasteiger partial charge in [-0.05, 0) is 33.3 Å². The van der Waals surface area contributed by atoms with Gasteiger partial charge in [0.05, 0.1) is 10.6 Å². The number of fused-ring (bicyclic) bond motifs is 1. The third-order valence-electron chi connectivity index (χ3n) is 3.88. The number of allylic oxidation sites excluding steroid dienone is 1. The first-order chi connectivity index (χ1) is 12.2. The van der Waals surface area contributed by atoms with E-state index < -0.39 is 24.0 Å². The minimum atomic E-state index is -1.12. The highest BCUT2D eigenvalue weighted by Gasteiger charge is 2.24. The fourth-order valence-corrected chi connectivity index (χ4v) is 3.47. The summed E-state index contributed by atoms with van der Waals surface area (Å²) in [4.78, 5) is 37.1. The third-order valence-corrected chi connectivity index (χ3v) is 5.08. The summed E-state index contributed by atoms with van der Waals surface area (Å²) in [5.41, 5.74) is 0.830. The van der Waals surface area contributed by atoms with Gasteiger partial charge < -0.3 is 15.7 Å². The van der Waals surface area contributed by atoms with E-state index in [-0.39, 0.29) is 12.3 Å². The second-order valence-corrected chi connectivity index (χ2v) is 6.97. The number of aryl methyl sites for hydroxylation is 2. The molecule has 0 aliphatic carbocycles. The monoisotopic (exact) mass is 378 g/mol. The van der Waals surface area contributed by atoms with Crippen molar-refractivity contribution in [3.05, 3.63) is 28.8 Å². The number of hydrogen-bond donors (Lipinski definition) is 3. The van der Waals surface area contributed by atoms with Crippen molar-refractivity contribution in [3.63, 3.8) is 0 Å². The smallest absolute Gasteiger partial charge is 0.326 e. The molecule has 0 aliphatic rings. The first kappa shape index (κ1) is 19.6. The summed E-state index contributed by atoms with van der Waals surface area (Å²) in [5, 5.41) is 19.4. The van der Waals surface area contributed by atoms with Crippen LogP contribution in [-0.2, 0) is 16.6 Å². The Balaban J connectivity index is 2.03. The largest absolute Gasteiger partial charge is 0.480 e. The van der Waals surface area contributed by atoms with Crippen LogP contribution in [-0.4, -0.2) is 44.8 Å². The number of aliphatic carboxylic acids is 1. The molecule has 2 aromatic heterocycles. The van der Waals surface area contributed by atoms with E-state index in [1.807, 2.05) is 6.92 Å². The van der Waals surface area contributed by atoms with Crippen LogP contribution in [0.4, 0.5) is 0 Å². The molecule has 0 fully saturated rings. The summed E-state index contributed by atoms with van der Waals surface area (Å²) >= 11 is 1.29. The lowest BCUT2D eigenvalue weighted by Crippen LogP contribution is -2.50. The Hall–Kier alpha value is -2.68. The Labute approximate surface area is 154 Å². The average molecular weight is 378 g/mol. The van der Waals surface area contributed by atoms with Crippen LogP contribution in [0.2, 0.25) is 0 Å². The van der Waals surface area contributed by atoms with Crippen LogP contribution in [0.5, 0.6) is 0 Å². The summed E-state index contributed by atoms with van der Waals surface area (Å²) in [7, 11) is 1.81. The minimum absolute atomic E-state index is 0.181. The van der Waals surface area contributed by atoms with Gasteiger partial charge in [-0.15, -0.1) is 11.3 Å². The number of carbonyl (C=O) groups is 3. The molecule has 0 saturated carbocycles. The van der Waals surface area contributed by atoms with E-state index in [0.29, 0.717) is 4.88 Å². The second kappa shape index (κ2) is 8.13. The van der Waals surface area contributed by atoms with Gasteiger partial charge in [0.2, 0.25) is 5.91 Å². The van der Waals surface area contributed by atoms with E-state index in [9.17, 15) is 14.4 Å². The van der Waals surface area contributed by atoms with E-state index in [1.165, 1.54) is 18.3 Å². The predicted molar refractivity (Wildman–Crippen MR) is 99.3 cm³/mol. The molecule has 2 unspecified atom stereocenters. The van der Waals surface area contributed by atoms with Crippen molar-refractivity contribution in [2.45, 2.75) is 39.3 Å². The number of aromatic nitrogens is 2. The number of thiophene rings is 1. The Morgan fingerprint density at radius 2 is 2.08 bits per heavy atom. The number of amides is 2. The number of nitrogens with one attached hydrogen (secondary N) is 2. The van der Waals surface area contributed by atoms with Crippen molar-refractivity contribution in [1.29, 1.82) is 0 Å². The van der Waals surface area contributed by atoms with E-state index in [4.69, 9.17) is 5.11 Å². The number of carboxylic acids is 1. The molecule has 2 atom stereocenters. The van der Waals surface area contributed by atoms with Gasteiger partial charge in [-0.25, -0.2) is 4.79 Å². The molecule has 0 aliphatic heterocycles. The third kappa shape index (κ3) is 4.29. The van der Waals surface area contributed by atoms with Crippen molar-refractivity contribution in [2.24, 2.45) is 7.05 Å². The number of hydrogen-bond acceptors (Lipinski definition) is 5. The molecule has 8 nitrogen and oxygen atoms in total. The highest BCUT2D eigenvalue weighted by Crippen LogP contribution is 2.27. The fourth-order valence-electron chi connectivity index (χ4n) is 2.44. The molecule has 2 heterocycles. The van der Waals surface area contributed by atoms with Crippen LogP contribution in [0.1, 0.15) is 35.6 Å². The Kier molecular flexibility index (Phi) is 6.14. The van der Waals surface area contributed by atoms with Gasteiger partial charge in [0, 0.05) is 12.4 Å². The lowest BCUT2D eigenvalue weighted by Gasteiger charge is -2.17. The Morgan fingerprint density at radius 1 is 1.38 bits per heavy atom. The fraction of sp³-hybridized carbons (Fsp3) is 0.412. The maximum absolute atomic E-state index is 12.4. The van der Waals surface area contributed by atoms with E-state index in [1.54, 1.807) is 36.9 Å². The molecule has 0 radical (unpaired) electrons. The highest BCUT2D eigenvalue weighted by atomic mass is 32.1. The molecule has 2 rings (SSSR count). The van der Waals surface area contributed by atoms with Crippen molar-refractivity contribution in [3.8, 4) is 0 Å². The number of carboxylic acid groups (broad SMARTS) is 1. The van der Waals surface area contributed by atoms with Crippen LogP contribution < -0.4 is 10.6 Å². The molecule has 9 heteroatoms. The predicted octanol–water partition coefficient (Wildman–Crippen LogP) is 1.60. The zero-order valence-electron chi connectivity index (χ0n) is 15.1. The lowest BCUT2D eigenvalue weighted by atomic mass is 10.2. The number of carbonyl (C=O) groups excluding carboxylic acids is 2. The molecule has 3 N–H and O–H groups in total. The molecule has 0 spiro atoms. The van der Waals surface area contributed by atoms with Gasteiger partial charge in [0.15, 0.2) is 0 Å². The molecule has 2 amide bonds. The Morgan fingerprint density at radius 3 is 2.65 bits per heavy atom. The summed E-state index contributed by atoms with van der Waals surface area (Å²) in [6.45, 7) is 5.15. The molecule has 26 heavy (non-hydrogen) atoms. The van der Waals surface area contributed by atoms with Gasteiger partial charge in [0.25, 0.3) is 5.91 Å². The average Bonchev–Trinajstić information content (AvgIpc) is 3.13. The zero-order chi connectivity index (χ0) is 19.4. The van der Waals surface area contributed by atoms with E-state index >= 15 is 0 Å². The first-order valence-electron chi connectivity index (χ1n) is 8.13. The molecule has 2 aromatic rings. The van der Waals surface area contributed by atoms with E-state index in [0.717, 1.165) is 15.9 Å². The van der Waals surface area contributed by atoms with Crippen molar-refractivity contribution in [2.75, 3.05) is 0 Å². The Bertz CT molecular complexity index is 833. The molecule has 0 aromatic carbocycles. The summed E-state index contributed by atoms with van der Waals surface area (Å²) in [5.74, 6) is -2.05. The topological polar surface area (TPSA) is 113 Å². The quantitative estimate of drug-likeness (QED) is 0.633. The molecular formula is C17H22N4O4S. The summed E-state index contributed by atoms with van der Waals surface area (Å²) < 4.78 is 1.71. The first-order valence-corrected chi connectivity index (χ1v) is 8.94. The van der Waals surface area contributed by atoms with Crippen LogP contribution in [0, 0.1) is 6.92 Å². The van der Waals surface area contributed by atoms with Gasteiger partial charge in [-0.2, -0.15) is 5.10 Å². The summed E-state index contributed by atoms with van der Waals surface area (Å²) in [6, 6.07) is -0.149. The van der Waals surface area contributed by atoms with Gasteiger partial charge in [0.1, 0.15) is 16.9 Å². The molecule has 0 saturated heterocycles. The van der Waals surface area contributed by atoms with Crippen molar-refractivity contribution >= 4 is 39.3 Å². The van der Waals surface area contributed by atoms with Crippen LogP contribution in [0.15, 0.2) is 18.2 Å². The minimum Gasteiger partial charge on any atom is -0.480 e. The van der Waals surface area contributed by atoms with Crippen LogP contribution in [0.25, 0.3) is 10.2 Å². The lowest BCUT2D eigenvalue weighted by molar-refractivity contribution is -0.141. The van der Waals surface area contributed by atoms with Gasteiger partial charge in [-0.1, -0.05) is 12.2 Å². The van der Waals surface area contributed by atoms with Crippen molar-refractivity contribution < 1.29 is 19.5 Å². The van der Waals surface area contributed by atoms with Crippen molar-refractivity contribution in [1.82, 2.24) is 20.4 Å². The SMILES string of the molecule is C/C=C/CC(NC(=O)C(C)NC(=O)c1cc2c(C)nn(C)c2s1)C(=O)O.